The van der Waals surface area contributed by atoms with Gasteiger partial charge in [0.15, 0.2) is 5.82 Å². The fourth-order valence-electron chi connectivity index (χ4n) is 4.05. The number of fused-ring (bicyclic) bond motifs is 1. The number of ether oxygens (including phenoxy) is 2. The molecule has 3 heterocycles. The summed E-state index contributed by atoms with van der Waals surface area (Å²) in [7, 11) is 0. The molecule has 0 radical (unpaired) electrons. The molecule has 11 heteroatoms. The third-order valence-corrected chi connectivity index (χ3v) is 5.76. The summed E-state index contributed by atoms with van der Waals surface area (Å²) in [5.41, 5.74) is 8.63. The average Bonchev–Trinajstić information content (AvgIpc) is 3.28. The van der Waals surface area contributed by atoms with Gasteiger partial charge in [-0.1, -0.05) is 0 Å². The zero-order valence-electron chi connectivity index (χ0n) is 19.5. The fourth-order valence-corrected chi connectivity index (χ4v) is 4.05. The fraction of sp³-hybridized carbons (Fsp3) is 0.478. The highest BCUT2D eigenvalue weighted by Gasteiger charge is 2.33. The van der Waals surface area contributed by atoms with E-state index in [0.29, 0.717) is 64.1 Å². The average molecular weight is 470 g/mol. The lowest BCUT2D eigenvalue weighted by Crippen LogP contribution is -2.44. The normalized spacial score (nSPS) is 17.3. The molecule has 4 N–H and O–H groups in total. The molecule has 1 aromatic carbocycles. The highest BCUT2D eigenvalue weighted by Crippen LogP contribution is 2.33. The maximum absolute atomic E-state index is 12.4. The van der Waals surface area contributed by atoms with Crippen LogP contribution in [0.1, 0.15) is 25.1 Å². The molecular weight excluding hydrogens is 438 g/mol. The van der Waals surface area contributed by atoms with E-state index in [1.54, 1.807) is 24.0 Å². The van der Waals surface area contributed by atoms with Crippen LogP contribution in [0.2, 0.25) is 0 Å². The van der Waals surface area contributed by atoms with Crippen molar-refractivity contribution in [3.8, 4) is 11.4 Å². The van der Waals surface area contributed by atoms with E-state index >= 15 is 0 Å². The van der Waals surface area contributed by atoms with Crippen LogP contribution >= 0.6 is 0 Å². The minimum Gasteiger partial charge on any atom is -0.450 e. The zero-order chi connectivity index (χ0) is 24.1. The maximum atomic E-state index is 12.4. The summed E-state index contributed by atoms with van der Waals surface area (Å²) in [6.07, 6.45) is -0.355. The number of amides is 3. The molecule has 2 aliphatic rings. The minimum absolute atomic E-state index is 0.149. The Morgan fingerprint density at radius 3 is 2.74 bits per heavy atom. The van der Waals surface area contributed by atoms with Gasteiger partial charge in [-0.25, -0.2) is 19.6 Å². The first-order valence-corrected chi connectivity index (χ1v) is 11.5. The van der Waals surface area contributed by atoms with Gasteiger partial charge in [-0.3, -0.25) is 4.90 Å². The van der Waals surface area contributed by atoms with Crippen LogP contribution in [-0.2, 0) is 22.6 Å². The number of nitrogens with zero attached hydrogens (tertiary/aromatic N) is 4. The number of benzene rings is 1. The molecule has 1 fully saturated rings. The Kier molecular flexibility index (Phi) is 7.43. The van der Waals surface area contributed by atoms with Gasteiger partial charge in [0.05, 0.1) is 44.6 Å². The highest BCUT2D eigenvalue weighted by atomic mass is 16.6. The van der Waals surface area contributed by atoms with E-state index in [1.807, 2.05) is 12.1 Å². The van der Waals surface area contributed by atoms with Gasteiger partial charge in [0.1, 0.15) is 5.82 Å². The van der Waals surface area contributed by atoms with Crippen molar-refractivity contribution >= 4 is 23.6 Å². The Labute approximate surface area is 198 Å². The number of nitrogens with one attached hydrogen (secondary N) is 2. The van der Waals surface area contributed by atoms with Crippen molar-refractivity contribution in [1.29, 1.82) is 0 Å². The van der Waals surface area contributed by atoms with Crippen LogP contribution in [0.25, 0.3) is 11.4 Å². The van der Waals surface area contributed by atoms with Gasteiger partial charge in [0.25, 0.3) is 0 Å². The van der Waals surface area contributed by atoms with Crippen LogP contribution in [-0.4, -0.2) is 72.5 Å². The largest absolute Gasteiger partial charge is 0.450 e. The van der Waals surface area contributed by atoms with E-state index in [1.165, 1.54) is 0 Å². The van der Waals surface area contributed by atoms with Gasteiger partial charge < -0.3 is 30.7 Å². The smallest absolute Gasteiger partial charge is 0.410 e. The third kappa shape index (κ3) is 5.20. The number of anilines is 2. The van der Waals surface area contributed by atoms with E-state index in [0.717, 1.165) is 22.6 Å². The second kappa shape index (κ2) is 10.7. The number of carbonyl (C=O) groups is 2. The molecule has 11 nitrogen and oxygen atoms in total. The molecule has 1 unspecified atom stereocenters. The van der Waals surface area contributed by atoms with E-state index in [2.05, 4.69) is 22.5 Å². The summed E-state index contributed by atoms with van der Waals surface area (Å²) in [4.78, 5) is 37.9. The van der Waals surface area contributed by atoms with Crippen molar-refractivity contribution in [2.24, 2.45) is 5.73 Å². The summed E-state index contributed by atoms with van der Waals surface area (Å²) < 4.78 is 10.8. The van der Waals surface area contributed by atoms with Gasteiger partial charge in [0, 0.05) is 36.4 Å². The van der Waals surface area contributed by atoms with Crippen molar-refractivity contribution in [2.75, 3.05) is 49.7 Å². The number of morpholine rings is 1. The molecule has 34 heavy (non-hydrogen) atoms. The van der Waals surface area contributed by atoms with E-state index < -0.39 is 0 Å². The van der Waals surface area contributed by atoms with Crippen molar-refractivity contribution in [3.05, 3.63) is 35.5 Å². The van der Waals surface area contributed by atoms with Gasteiger partial charge >= 0.3 is 12.1 Å². The maximum Gasteiger partial charge on any atom is 0.410 e. The predicted octanol–water partition coefficient (Wildman–Crippen LogP) is 1.92. The van der Waals surface area contributed by atoms with E-state index in [-0.39, 0.29) is 18.2 Å². The van der Waals surface area contributed by atoms with Crippen molar-refractivity contribution in [1.82, 2.24) is 20.2 Å². The minimum atomic E-state index is -0.355. The van der Waals surface area contributed by atoms with Gasteiger partial charge in [-0.2, -0.15) is 0 Å². The molecule has 0 spiro atoms. The lowest BCUT2D eigenvalue weighted by atomic mass is 10.1. The molecule has 3 amide bonds. The van der Waals surface area contributed by atoms with E-state index in [4.69, 9.17) is 25.2 Å². The lowest BCUT2D eigenvalue weighted by molar-refractivity contribution is 0.0980. The van der Waals surface area contributed by atoms with Gasteiger partial charge in [0.2, 0.25) is 0 Å². The third-order valence-electron chi connectivity index (χ3n) is 5.76. The topological polar surface area (TPSA) is 135 Å². The standard InChI is InChI=1S/C23H31N7O4/c1-3-34-23(32)29-12-18-19(13-29)27-20(28-21(18)30-10-11-33-14-15(30)2)16-4-6-17(7-5-16)26-22(31)25-9-8-24/h4-7,15H,3,8-14,24H2,1-2H3,(H2,25,26,31). The number of aromatic nitrogens is 2. The molecule has 2 aliphatic heterocycles. The van der Waals surface area contributed by atoms with E-state index in [9.17, 15) is 9.59 Å². The van der Waals surface area contributed by atoms with Crippen LogP contribution in [0.5, 0.6) is 0 Å². The molecule has 1 saturated heterocycles. The van der Waals surface area contributed by atoms with Gasteiger partial charge in [-0.15, -0.1) is 0 Å². The van der Waals surface area contributed by atoms with Crippen molar-refractivity contribution in [2.45, 2.75) is 33.0 Å². The Hall–Kier alpha value is -3.44. The Bertz CT molecular complexity index is 1030. The number of hydrogen-bond acceptors (Lipinski definition) is 8. The van der Waals surface area contributed by atoms with Crippen molar-refractivity contribution in [3.63, 3.8) is 0 Å². The van der Waals surface area contributed by atoms with Gasteiger partial charge in [-0.05, 0) is 38.1 Å². The second-order valence-corrected chi connectivity index (χ2v) is 8.22. The number of carbonyl (C=O) groups excluding carboxylic acids is 2. The second-order valence-electron chi connectivity index (χ2n) is 8.22. The SMILES string of the molecule is CCOC(=O)N1Cc2nc(-c3ccc(NC(=O)NCCN)cc3)nc(N3CCOCC3C)c2C1. The molecular formula is C23H31N7O4. The molecule has 0 saturated carbocycles. The first kappa shape index (κ1) is 23.7. The number of hydrogen-bond donors (Lipinski definition) is 3. The molecule has 2 aromatic rings. The summed E-state index contributed by atoms with van der Waals surface area (Å²) in [5.74, 6) is 1.39. The number of rotatable bonds is 6. The summed E-state index contributed by atoms with van der Waals surface area (Å²) in [6, 6.07) is 7.17. The monoisotopic (exact) mass is 469 g/mol. The summed E-state index contributed by atoms with van der Waals surface area (Å²) in [6.45, 7) is 7.71. The summed E-state index contributed by atoms with van der Waals surface area (Å²) in [5, 5.41) is 5.44. The molecule has 0 bridgehead atoms. The van der Waals surface area contributed by atoms with Crippen molar-refractivity contribution < 1.29 is 19.1 Å². The first-order valence-electron chi connectivity index (χ1n) is 11.5. The molecule has 1 atom stereocenters. The lowest BCUT2D eigenvalue weighted by Gasteiger charge is -2.35. The Morgan fingerprint density at radius 1 is 1.24 bits per heavy atom. The van der Waals surface area contributed by atoms with Crippen LogP contribution in [0.3, 0.4) is 0 Å². The quantitative estimate of drug-likeness (QED) is 0.584. The Morgan fingerprint density at radius 2 is 2.03 bits per heavy atom. The first-order chi connectivity index (χ1) is 16.5. The van der Waals surface area contributed by atoms with Crippen LogP contribution < -0.4 is 21.3 Å². The highest BCUT2D eigenvalue weighted by molar-refractivity contribution is 5.89. The number of urea groups is 1. The molecule has 182 valence electrons. The predicted molar refractivity (Wildman–Crippen MR) is 127 cm³/mol. The molecule has 4 rings (SSSR count). The zero-order valence-corrected chi connectivity index (χ0v) is 19.5. The summed E-state index contributed by atoms with van der Waals surface area (Å²) >= 11 is 0. The van der Waals surface area contributed by atoms with Crippen LogP contribution in [0.4, 0.5) is 21.1 Å². The van der Waals surface area contributed by atoms with Crippen LogP contribution in [0, 0.1) is 0 Å². The van der Waals surface area contributed by atoms with Crippen LogP contribution in [0.15, 0.2) is 24.3 Å². The molecule has 1 aromatic heterocycles. The Balaban J connectivity index is 1.62. The molecule has 0 aliphatic carbocycles. The number of nitrogens with two attached hydrogens (primary N) is 1.